The summed E-state index contributed by atoms with van der Waals surface area (Å²) in [6, 6.07) is 7.67. The van der Waals surface area contributed by atoms with E-state index < -0.39 is 0 Å². The predicted molar refractivity (Wildman–Crippen MR) is 59.0 cm³/mol. The Balaban J connectivity index is 1.79. The van der Waals surface area contributed by atoms with Crippen molar-refractivity contribution >= 4 is 11.6 Å². The van der Waals surface area contributed by atoms with Crippen molar-refractivity contribution in [2.45, 2.75) is 6.54 Å². The monoisotopic (exact) mass is 214 g/mol. The zero-order chi connectivity index (χ0) is 10.8. The highest BCUT2D eigenvalue weighted by Crippen LogP contribution is 2.07. The normalized spacial score (nSPS) is 10.8. The van der Waals surface area contributed by atoms with Crippen molar-refractivity contribution < 1.29 is 4.42 Å². The van der Waals surface area contributed by atoms with E-state index in [1.807, 2.05) is 30.5 Å². The molecule has 0 aliphatic carbocycles. The maximum absolute atomic E-state index is 4.98. The number of nitrogens with one attached hydrogen (secondary N) is 1. The number of anilines is 1. The Labute approximate surface area is 91.7 Å². The van der Waals surface area contributed by atoms with Crippen LogP contribution in [-0.4, -0.2) is 14.6 Å². The molecule has 0 amide bonds. The maximum Gasteiger partial charge on any atom is 0.243 e. The molecule has 0 saturated heterocycles. The average molecular weight is 214 g/mol. The van der Waals surface area contributed by atoms with Crippen LogP contribution >= 0.6 is 0 Å². The summed E-state index contributed by atoms with van der Waals surface area (Å²) in [4.78, 5) is 4.32. The number of furan rings is 1. The van der Waals surface area contributed by atoms with Crippen molar-refractivity contribution in [3.8, 4) is 0 Å². The van der Waals surface area contributed by atoms with Crippen molar-refractivity contribution in [1.82, 2.24) is 14.6 Å². The minimum Gasteiger partial charge on any atom is -0.472 e. The Bertz CT molecular complexity index is 552. The van der Waals surface area contributed by atoms with E-state index in [4.69, 9.17) is 4.42 Å². The Kier molecular flexibility index (Phi) is 2.07. The van der Waals surface area contributed by atoms with Gasteiger partial charge in [0, 0.05) is 18.3 Å². The zero-order valence-electron chi connectivity index (χ0n) is 8.50. The molecule has 0 unspecified atom stereocenters. The van der Waals surface area contributed by atoms with Crippen molar-refractivity contribution in [2.75, 3.05) is 5.32 Å². The van der Waals surface area contributed by atoms with Crippen LogP contribution in [0.3, 0.4) is 0 Å². The van der Waals surface area contributed by atoms with Crippen LogP contribution in [0.4, 0.5) is 5.95 Å². The molecule has 3 aromatic heterocycles. The molecular weight excluding hydrogens is 204 g/mol. The second-order valence-electron chi connectivity index (χ2n) is 3.42. The average Bonchev–Trinajstić information content (AvgIpc) is 2.95. The first-order valence-corrected chi connectivity index (χ1v) is 4.98. The smallest absolute Gasteiger partial charge is 0.243 e. The molecule has 0 radical (unpaired) electrons. The molecule has 0 aliphatic heterocycles. The van der Waals surface area contributed by atoms with E-state index in [0.717, 1.165) is 11.2 Å². The number of fused-ring (bicyclic) bond motifs is 1. The molecule has 0 bridgehead atoms. The van der Waals surface area contributed by atoms with Crippen LogP contribution in [0.15, 0.2) is 47.4 Å². The van der Waals surface area contributed by atoms with Gasteiger partial charge in [-0.05, 0) is 18.2 Å². The third-order valence-electron chi connectivity index (χ3n) is 2.27. The fourth-order valence-corrected chi connectivity index (χ4v) is 1.48. The third-order valence-corrected chi connectivity index (χ3v) is 2.27. The molecule has 16 heavy (non-hydrogen) atoms. The Morgan fingerprint density at radius 1 is 1.31 bits per heavy atom. The van der Waals surface area contributed by atoms with Crippen LogP contribution in [0.1, 0.15) is 5.56 Å². The molecule has 0 saturated carbocycles. The lowest BCUT2D eigenvalue weighted by Gasteiger charge is -1.96. The second-order valence-corrected chi connectivity index (χ2v) is 3.42. The van der Waals surface area contributed by atoms with Gasteiger partial charge < -0.3 is 9.73 Å². The number of nitrogens with zero attached hydrogens (tertiary/aromatic N) is 3. The molecular formula is C11H10N4O. The van der Waals surface area contributed by atoms with Crippen LogP contribution in [0.2, 0.25) is 0 Å². The molecule has 5 nitrogen and oxygen atoms in total. The molecule has 0 fully saturated rings. The lowest BCUT2D eigenvalue weighted by molar-refractivity contribution is 0.564. The minimum atomic E-state index is 0.618. The molecule has 3 aromatic rings. The van der Waals surface area contributed by atoms with Gasteiger partial charge in [0.15, 0.2) is 5.65 Å². The van der Waals surface area contributed by atoms with Gasteiger partial charge in [0.2, 0.25) is 5.95 Å². The molecule has 1 N–H and O–H groups in total. The first-order valence-electron chi connectivity index (χ1n) is 4.98. The van der Waals surface area contributed by atoms with Gasteiger partial charge in [0.05, 0.1) is 12.5 Å². The highest BCUT2D eigenvalue weighted by Gasteiger charge is 2.02. The van der Waals surface area contributed by atoms with E-state index in [-0.39, 0.29) is 0 Å². The Morgan fingerprint density at radius 3 is 3.12 bits per heavy atom. The van der Waals surface area contributed by atoms with E-state index in [1.165, 1.54) is 0 Å². The predicted octanol–water partition coefficient (Wildman–Crippen LogP) is 1.93. The summed E-state index contributed by atoms with van der Waals surface area (Å²) in [5.74, 6) is 0.618. The standard InChI is InChI=1S/C11H10N4O/c1-2-5-15-10(3-1)13-11(14-15)12-7-9-4-6-16-8-9/h1-6,8H,7H2,(H,12,14). The highest BCUT2D eigenvalue weighted by atomic mass is 16.3. The van der Waals surface area contributed by atoms with Crippen molar-refractivity contribution in [3.05, 3.63) is 48.6 Å². The summed E-state index contributed by atoms with van der Waals surface area (Å²) in [7, 11) is 0. The number of rotatable bonds is 3. The summed E-state index contributed by atoms with van der Waals surface area (Å²) in [6.07, 6.45) is 5.21. The van der Waals surface area contributed by atoms with Gasteiger partial charge in [-0.3, -0.25) is 0 Å². The third kappa shape index (κ3) is 1.63. The molecule has 0 atom stereocenters. The summed E-state index contributed by atoms with van der Waals surface area (Å²) >= 11 is 0. The van der Waals surface area contributed by atoms with E-state index in [2.05, 4.69) is 15.4 Å². The number of hydrogen-bond acceptors (Lipinski definition) is 4. The molecule has 0 aliphatic rings. The molecule has 80 valence electrons. The Hall–Kier alpha value is -2.30. The van der Waals surface area contributed by atoms with Crippen LogP contribution in [0.25, 0.3) is 5.65 Å². The topological polar surface area (TPSA) is 55.4 Å². The van der Waals surface area contributed by atoms with Gasteiger partial charge in [-0.15, -0.1) is 5.10 Å². The summed E-state index contributed by atoms with van der Waals surface area (Å²) in [6.45, 7) is 0.660. The molecule has 3 heterocycles. The van der Waals surface area contributed by atoms with Crippen molar-refractivity contribution in [1.29, 1.82) is 0 Å². The zero-order valence-corrected chi connectivity index (χ0v) is 8.50. The quantitative estimate of drug-likeness (QED) is 0.723. The van der Waals surface area contributed by atoms with E-state index >= 15 is 0 Å². The van der Waals surface area contributed by atoms with Crippen molar-refractivity contribution in [2.24, 2.45) is 0 Å². The number of pyridine rings is 1. The number of hydrogen-bond donors (Lipinski definition) is 1. The maximum atomic E-state index is 4.98. The van der Waals surface area contributed by atoms with Gasteiger partial charge in [0.1, 0.15) is 0 Å². The van der Waals surface area contributed by atoms with E-state index in [9.17, 15) is 0 Å². The van der Waals surface area contributed by atoms with Gasteiger partial charge in [-0.1, -0.05) is 6.07 Å². The minimum absolute atomic E-state index is 0.618. The summed E-state index contributed by atoms with van der Waals surface area (Å²) < 4.78 is 6.71. The molecule has 5 heteroatoms. The van der Waals surface area contributed by atoms with Gasteiger partial charge in [-0.25, -0.2) is 4.52 Å². The highest BCUT2D eigenvalue weighted by molar-refractivity contribution is 5.42. The summed E-state index contributed by atoms with van der Waals surface area (Å²) in [5.41, 5.74) is 1.90. The number of aromatic nitrogens is 3. The van der Waals surface area contributed by atoms with Crippen LogP contribution in [-0.2, 0) is 6.54 Å². The first kappa shape index (κ1) is 8.96. The summed E-state index contributed by atoms with van der Waals surface area (Å²) in [5, 5.41) is 7.41. The lowest BCUT2D eigenvalue weighted by atomic mass is 10.3. The van der Waals surface area contributed by atoms with E-state index in [1.54, 1.807) is 17.0 Å². The van der Waals surface area contributed by atoms with E-state index in [0.29, 0.717) is 12.5 Å². The first-order chi connectivity index (χ1) is 7.92. The van der Waals surface area contributed by atoms with Gasteiger partial charge in [-0.2, -0.15) is 4.98 Å². The van der Waals surface area contributed by atoms with Crippen LogP contribution in [0.5, 0.6) is 0 Å². The van der Waals surface area contributed by atoms with Crippen molar-refractivity contribution in [3.63, 3.8) is 0 Å². The van der Waals surface area contributed by atoms with Gasteiger partial charge in [0.25, 0.3) is 0 Å². The second kappa shape index (κ2) is 3.69. The Morgan fingerprint density at radius 2 is 2.31 bits per heavy atom. The largest absolute Gasteiger partial charge is 0.472 e. The van der Waals surface area contributed by atoms with Crippen LogP contribution < -0.4 is 5.32 Å². The van der Waals surface area contributed by atoms with Crippen LogP contribution in [0, 0.1) is 0 Å². The SMILES string of the molecule is c1ccn2nc(NCc3ccoc3)nc2c1. The lowest BCUT2D eigenvalue weighted by Crippen LogP contribution is -1.99. The fraction of sp³-hybridized carbons (Fsp3) is 0.0909. The molecule has 0 spiro atoms. The molecule has 0 aromatic carbocycles. The van der Waals surface area contributed by atoms with Gasteiger partial charge >= 0.3 is 0 Å². The fourth-order valence-electron chi connectivity index (χ4n) is 1.48. The molecule has 3 rings (SSSR count).